The van der Waals surface area contributed by atoms with Crippen molar-refractivity contribution in [2.24, 2.45) is 0 Å². The number of nitrogens with two attached hydrogens (primary N) is 1. The van der Waals surface area contributed by atoms with E-state index >= 15 is 0 Å². The molecule has 21 heavy (non-hydrogen) atoms. The van der Waals surface area contributed by atoms with Gasteiger partial charge in [-0.15, -0.1) is 0 Å². The fourth-order valence-corrected chi connectivity index (χ4v) is 2.16. The Morgan fingerprint density at radius 1 is 1.14 bits per heavy atom. The van der Waals surface area contributed by atoms with Crippen LogP contribution in [0.1, 0.15) is 5.56 Å². The third-order valence-electron chi connectivity index (χ3n) is 2.97. The van der Waals surface area contributed by atoms with Gasteiger partial charge in [0.15, 0.2) is 0 Å². The number of anilines is 1. The minimum absolute atomic E-state index is 0.00294. The minimum atomic E-state index is -4.49. The molecular formula is C12H7ClF3N5. The summed E-state index contributed by atoms with van der Waals surface area (Å²) in [5.41, 5.74) is 5.65. The molecule has 0 bridgehead atoms. The van der Waals surface area contributed by atoms with Crippen LogP contribution < -0.4 is 5.73 Å². The second-order valence-corrected chi connectivity index (χ2v) is 4.63. The summed E-state index contributed by atoms with van der Waals surface area (Å²) >= 11 is 5.60. The van der Waals surface area contributed by atoms with Gasteiger partial charge in [0.25, 0.3) is 0 Å². The van der Waals surface area contributed by atoms with Gasteiger partial charge in [0, 0.05) is 17.1 Å². The summed E-state index contributed by atoms with van der Waals surface area (Å²) in [6, 6.07) is 1.97. The normalized spacial score (nSPS) is 12.0. The summed E-state index contributed by atoms with van der Waals surface area (Å²) in [6.45, 7) is 0. The summed E-state index contributed by atoms with van der Waals surface area (Å²) in [5.74, 6) is -0.00294. The highest BCUT2D eigenvalue weighted by molar-refractivity contribution is 6.28. The average Bonchev–Trinajstić information content (AvgIpc) is 2.85. The highest BCUT2D eigenvalue weighted by Gasteiger charge is 2.32. The van der Waals surface area contributed by atoms with E-state index in [2.05, 4.69) is 20.2 Å². The first-order valence-electron chi connectivity index (χ1n) is 5.69. The van der Waals surface area contributed by atoms with Crippen molar-refractivity contribution < 1.29 is 13.2 Å². The maximum Gasteiger partial charge on any atom is 0.416 e. The van der Waals surface area contributed by atoms with Crippen LogP contribution >= 0.6 is 11.6 Å². The summed E-state index contributed by atoms with van der Waals surface area (Å²) in [7, 11) is 0. The molecule has 0 spiro atoms. The number of halogens is 4. The second kappa shape index (κ2) is 4.59. The lowest BCUT2D eigenvalue weighted by molar-refractivity contribution is -0.137. The lowest BCUT2D eigenvalue weighted by Crippen LogP contribution is -2.05. The Hall–Kier alpha value is -2.35. The van der Waals surface area contributed by atoms with E-state index in [1.807, 2.05) is 0 Å². The van der Waals surface area contributed by atoms with Crippen molar-refractivity contribution in [3.8, 4) is 11.1 Å². The lowest BCUT2D eigenvalue weighted by atomic mass is 10.0. The number of nitrogens with zero attached hydrogens (tertiary/aromatic N) is 3. The summed E-state index contributed by atoms with van der Waals surface area (Å²) in [5, 5.41) is 6.68. The number of benzene rings is 1. The molecule has 2 heterocycles. The van der Waals surface area contributed by atoms with Crippen LogP contribution in [0.2, 0.25) is 5.28 Å². The number of alkyl halides is 3. The molecule has 0 radical (unpaired) electrons. The van der Waals surface area contributed by atoms with Crippen LogP contribution in [-0.4, -0.2) is 20.2 Å². The monoisotopic (exact) mass is 313 g/mol. The highest BCUT2D eigenvalue weighted by Crippen LogP contribution is 2.37. The van der Waals surface area contributed by atoms with E-state index in [1.54, 1.807) is 0 Å². The van der Waals surface area contributed by atoms with Crippen LogP contribution in [0.4, 0.5) is 19.0 Å². The quantitative estimate of drug-likeness (QED) is 0.676. The number of aromatic amines is 1. The van der Waals surface area contributed by atoms with E-state index in [0.29, 0.717) is 5.39 Å². The van der Waals surface area contributed by atoms with Gasteiger partial charge in [0.2, 0.25) is 5.28 Å². The smallest absolute Gasteiger partial charge is 0.383 e. The molecule has 2 aromatic heterocycles. The molecule has 5 nitrogen and oxygen atoms in total. The predicted molar refractivity (Wildman–Crippen MR) is 71.5 cm³/mol. The fourth-order valence-electron chi connectivity index (χ4n) is 2.02. The van der Waals surface area contributed by atoms with Crippen molar-refractivity contribution in [1.29, 1.82) is 0 Å². The zero-order valence-electron chi connectivity index (χ0n) is 10.2. The van der Waals surface area contributed by atoms with Gasteiger partial charge >= 0.3 is 6.18 Å². The molecule has 0 fully saturated rings. The van der Waals surface area contributed by atoms with Gasteiger partial charge in [0.1, 0.15) is 5.82 Å². The van der Waals surface area contributed by atoms with Gasteiger partial charge in [-0.25, -0.2) is 9.97 Å². The Morgan fingerprint density at radius 3 is 2.57 bits per heavy atom. The first-order chi connectivity index (χ1) is 9.86. The third-order valence-corrected chi connectivity index (χ3v) is 3.15. The molecule has 0 aliphatic carbocycles. The number of nitrogens with one attached hydrogen (secondary N) is 1. The van der Waals surface area contributed by atoms with Crippen LogP contribution in [0.3, 0.4) is 0 Å². The Kier molecular flexibility index (Phi) is 2.98. The Bertz CT molecular complexity index is 827. The Morgan fingerprint density at radius 2 is 1.90 bits per heavy atom. The number of hydrogen-bond donors (Lipinski definition) is 2. The first kappa shape index (κ1) is 13.6. The van der Waals surface area contributed by atoms with Crippen molar-refractivity contribution in [1.82, 2.24) is 20.2 Å². The molecule has 3 N–H and O–H groups in total. The van der Waals surface area contributed by atoms with Crippen LogP contribution in [0.15, 0.2) is 24.5 Å². The fraction of sp³-hybridized carbons (Fsp3) is 0.0833. The number of rotatable bonds is 1. The molecular weight excluding hydrogens is 307 g/mol. The van der Waals surface area contributed by atoms with Crippen LogP contribution in [0.5, 0.6) is 0 Å². The van der Waals surface area contributed by atoms with Crippen LogP contribution in [0.25, 0.3) is 22.0 Å². The van der Waals surface area contributed by atoms with Crippen molar-refractivity contribution in [2.45, 2.75) is 6.18 Å². The number of nitrogen functional groups attached to an aromatic ring is 1. The van der Waals surface area contributed by atoms with E-state index in [-0.39, 0.29) is 27.7 Å². The van der Waals surface area contributed by atoms with E-state index < -0.39 is 11.7 Å². The van der Waals surface area contributed by atoms with E-state index in [0.717, 1.165) is 12.1 Å². The van der Waals surface area contributed by atoms with Crippen molar-refractivity contribution in [2.75, 3.05) is 5.73 Å². The number of aromatic nitrogens is 4. The van der Waals surface area contributed by atoms with Gasteiger partial charge in [-0.05, 0) is 29.3 Å². The standard InChI is InChI=1S/C12H7ClF3N5/c13-11-18-3-8(10(17)20-11)6-1-5(12(14,15)16)2-9-7(6)4-19-21-9/h1-4H,(H,19,21)(H2,17,18,20). The topological polar surface area (TPSA) is 80.5 Å². The second-order valence-electron chi connectivity index (χ2n) is 4.29. The minimum Gasteiger partial charge on any atom is -0.383 e. The van der Waals surface area contributed by atoms with Gasteiger partial charge in [0.05, 0.1) is 17.3 Å². The van der Waals surface area contributed by atoms with Gasteiger partial charge < -0.3 is 5.73 Å². The highest BCUT2D eigenvalue weighted by atomic mass is 35.5. The molecule has 9 heteroatoms. The summed E-state index contributed by atoms with van der Waals surface area (Å²) < 4.78 is 38.9. The lowest BCUT2D eigenvalue weighted by Gasteiger charge is -2.11. The molecule has 3 aromatic rings. The number of H-pyrrole nitrogens is 1. The molecule has 108 valence electrons. The molecule has 0 unspecified atom stereocenters. The number of hydrogen-bond acceptors (Lipinski definition) is 4. The molecule has 0 aliphatic heterocycles. The van der Waals surface area contributed by atoms with Crippen molar-refractivity contribution in [3.63, 3.8) is 0 Å². The molecule has 0 aliphatic rings. The average molecular weight is 314 g/mol. The maximum atomic E-state index is 13.0. The third kappa shape index (κ3) is 2.38. The van der Waals surface area contributed by atoms with E-state index in [1.165, 1.54) is 12.4 Å². The molecule has 0 saturated carbocycles. The van der Waals surface area contributed by atoms with E-state index in [9.17, 15) is 13.2 Å². The van der Waals surface area contributed by atoms with Crippen LogP contribution in [-0.2, 0) is 6.18 Å². The Balaban J connectivity index is 2.32. The predicted octanol–water partition coefficient (Wildman–Crippen LogP) is 3.27. The summed E-state index contributed by atoms with van der Waals surface area (Å²) in [4.78, 5) is 7.52. The maximum absolute atomic E-state index is 13.0. The summed E-state index contributed by atoms with van der Waals surface area (Å²) in [6.07, 6.45) is -1.79. The molecule has 1 aromatic carbocycles. The molecule has 0 saturated heterocycles. The van der Waals surface area contributed by atoms with E-state index in [4.69, 9.17) is 17.3 Å². The van der Waals surface area contributed by atoms with Gasteiger partial charge in [-0.2, -0.15) is 18.3 Å². The van der Waals surface area contributed by atoms with Gasteiger partial charge in [-0.3, -0.25) is 5.10 Å². The van der Waals surface area contributed by atoms with Gasteiger partial charge in [-0.1, -0.05) is 0 Å². The number of fused-ring (bicyclic) bond motifs is 1. The van der Waals surface area contributed by atoms with Crippen LogP contribution in [0, 0.1) is 0 Å². The van der Waals surface area contributed by atoms with Crippen molar-refractivity contribution >= 4 is 28.3 Å². The van der Waals surface area contributed by atoms with Crippen molar-refractivity contribution in [3.05, 3.63) is 35.4 Å². The molecule has 3 rings (SSSR count). The zero-order chi connectivity index (χ0) is 15.2. The molecule has 0 amide bonds. The Labute approximate surface area is 121 Å². The first-order valence-corrected chi connectivity index (χ1v) is 6.07. The largest absolute Gasteiger partial charge is 0.416 e. The molecule has 0 atom stereocenters. The SMILES string of the molecule is Nc1nc(Cl)ncc1-c1cc(C(F)(F)F)cc2[nH]ncc12. The zero-order valence-corrected chi connectivity index (χ0v) is 11.0.